The summed E-state index contributed by atoms with van der Waals surface area (Å²) in [6.07, 6.45) is 0.903. The fraction of sp³-hybridized carbons (Fsp3) is 0.500. The summed E-state index contributed by atoms with van der Waals surface area (Å²) in [5.41, 5.74) is 7.49. The standard InChI is InChI=1S/C12H18ClN/c1-12(2,3)11(14)8-9-4-6-10(13)7-5-9/h4-7,11H,8,14H2,1-3H3/t11-/m1/s1. The van der Waals surface area contributed by atoms with Gasteiger partial charge in [-0.05, 0) is 29.5 Å². The van der Waals surface area contributed by atoms with Gasteiger partial charge in [0, 0.05) is 11.1 Å². The summed E-state index contributed by atoms with van der Waals surface area (Å²) in [5, 5.41) is 0.776. The van der Waals surface area contributed by atoms with Gasteiger partial charge in [0.1, 0.15) is 0 Å². The molecule has 78 valence electrons. The van der Waals surface area contributed by atoms with Gasteiger partial charge in [0.2, 0.25) is 0 Å². The average Bonchev–Trinajstić information content (AvgIpc) is 2.07. The molecule has 0 aliphatic carbocycles. The Hall–Kier alpha value is -0.530. The highest BCUT2D eigenvalue weighted by molar-refractivity contribution is 6.30. The van der Waals surface area contributed by atoms with Crippen molar-refractivity contribution >= 4 is 11.6 Å². The smallest absolute Gasteiger partial charge is 0.0406 e. The highest BCUT2D eigenvalue weighted by atomic mass is 35.5. The van der Waals surface area contributed by atoms with E-state index in [1.165, 1.54) is 5.56 Å². The first-order valence-electron chi connectivity index (χ1n) is 4.89. The largest absolute Gasteiger partial charge is 0.327 e. The quantitative estimate of drug-likeness (QED) is 0.799. The van der Waals surface area contributed by atoms with Crippen LogP contribution in [0, 0.1) is 5.41 Å². The molecule has 1 rings (SSSR count). The van der Waals surface area contributed by atoms with Crippen LogP contribution < -0.4 is 5.73 Å². The number of nitrogens with two attached hydrogens (primary N) is 1. The number of hydrogen-bond donors (Lipinski definition) is 1. The van der Waals surface area contributed by atoms with Gasteiger partial charge >= 0.3 is 0 Å². The van der Waals surface area contributed by atoms with Crippen LogP contribution in [0.5, 0.6) is 0 Å². The van der Waals surface area contributed by atoms with Gasteiger partial charge in [-0.3, -0.25) is 0 Å². The third-order valence-corrected chi connectivity index (χ3v) is 2.73. The summed E-state index contributed by atoms with van der Waals surface area (Å²) in [6, 6.07) is 8.07. The van der Waals surface area contributed by atoms with E-state index in [1.54, 1.807) is 0 Å². The van der Waals surface area contributed by atoms with E-state index in [0.717, 1.165) is 11.4 Å². The summed E-state index contributed by atoms with van der Waals surface area (Å²) >= 11 is 5.81. The van der Waals surface area contributed by atoms with E-state index < -0.39 is 0 Å². The second-order valence-electron chi connectivity index (χ2n) is 4.80. The van der Waals surface area contributed by atoms with Crippen molar-refractivity contribution in [1.29, 1.82) is 0 Å². The zero-order valence-corrected chi connectivity index (χ0v) is 9.81. The molecule has 0 spiro atoms. The molecule has 0 heterocycles. The van der Waals surface area contributed by atoms with E-state index in [0.29, 0.717) is 0 Å². The highest BCUT2D eigenvalue weighted by Crippen LogP contribution is 2.21. The zero-order chi connectivity index (χ0) is 10.8. The number of hydrogen-bond acceptors (Lipinski definition) is 1. The minimum Gasteiger partial charge on any atom is -0.327 e. The van der Waals surface area contributed by atoms with Crippen molar-refractivity contribution in [3.8, 4) is 0 Å². The average molecular weight is 212 g/mol. The van der Waals surface area contributed by atoms with Gasteiger partial charge in [0.15, 0.2) is 0 Å². The van der Waals surface area contributed by atoms with Crippen molar-refractivity contribution in [2.75, 3.05) is 0 Å². The minimum absolute atomic E-state index is 0.152. The second kappa shape index (κ2) is 4.33. The van der Waals surface area contributed by atoms with Crippen LogP contribution in [0.4, 0.5) is 0 Å². The summed E-state index contributed by atoms with van der Waals surface area (Å²) in [6.45, 7) is 6.48. The Morgan fingerprint density at radius 3 is 2.14 bits per heavy atom. The number of benzene rings is 1. The van der Waals surface area contributed by atoms with Gasteiger partial charge in [-0.1, -0.05) is 44.5 Å². The van der Waals surface area contributed by atoms with E-state index in [4.69, 9.17) is 17.3 Å². The van der Waals surface area contributed by atoms with Crippen molar-refractivity contribution in [2.24, 2.45) is 11.1 Å². The lowest BCUT2D eigenvalue weighted by Crippen LogP contribution is -2.36. The second-order valence-corrected chi connectivity index (χ2v) is 5.24. The SMILES string of the molecule is CC(C)(C)[C@H](N)Cc1ccc(Cl)cc1. The third kappa shape index (κ3) is 3.32. The normalized spacial score (nSPS) is 14.1. The van der Waals surface area contributed by atoms with Gasteiger partial charge in [-0.15, -0.1) is 0 Å². The van der Waals surface area contributed by atoms with Crippen LogP contribution >= 0.6 is 11.6 Å². The predicted molar refractivity (Wildman–Crippen MR) is 62.6 cm³/mol. The monoisotopic (exact) mass is 211 g/mol. The molecule has 1 aromatic carbocycles. The maximum Gasteiger partial charge on any atom is 0.0406 e. The molecule has 0 fully saturated rings. The van der Waals surface area contributed by atoms with Crippen LogP contribution in [0.15, 0.2) is 24.3 Å². The van der Waals surface area contributed by atoms with Crippen molar-refractivity contribution in [1.82, 2.24) is 0 Å². The minimum atomic E-state index is 0.152. The predicted octanol–water partition coefficient (Wildman–Crippen LogP) is 3.26. The van der Waals surface area contributed by atoms with Gasteiger partial charge in [-0.25, -0.2) is 0 Å². The molecule has 1 aromatic rings. The Morgan fingerprint density at radius 1 is 1.21 bits per heavy atom. The van der Waals surface area contributed by atoms with Gasteiger partial charge < -0.3 is 5.73 Å². The molecule has 0 aliphatic heterocycles. The fourth-order valence-electron chi connectivity index (χ4n) is 1.18. The molecule has 1 nitrogen and oxygen atoms in total. The Labute approximate surface area is 91.3 Å². The molecule has 0 amide bonds. The summed E-state index contributed by atoms with van der Waals surface area (Å²) < 4.78 is 0. The Balaban J connectivity index is 2.65. The van der Waals surface area contributed by atoms with Crippen LogP contribution in [-0.4, -0.2) is 6.04 Å². The van der Waals surface area contributed by atoms with Gasteiger partial charge in [0.25, 0.3) is 0 Å². The molecule has 0 aromatic heterocycles. The first-order chi connectivity index (χ1) is 6.39. The fourth-order valence-corrected chi connectivity index (χ4v) is 1.31. The third-order valence-electron chi connectivity index (χ3n) is 2.48. The van der Waals surface area contributed by atoms with Crippen LogP contribution in [0.3, 0.4) is 0 Å². The summed E-state index contributed by atoms with van der Waals surface area (Å²) in [5.74, 6) is 0. The molecule has 0 bridgehead atoms. The van der Waals surface area contributed by atoms with Gasteiger partial charge in [-0.2, -0.15) is 0 Å². The van der Waals surface area contributed by atoms with Crippen LogP contribution in [0.25, 0.3) is 0 Å². The van der Waals surface area contributed by atoms with E-state index in [1.807, 2.05) is 24.3 Å². The number of halogens is 1. The topological polar surface area (TPSA) is 26.0 Å². The molecule has 0 saturated carbocycles. The molecule has 0 saturated heterocycles. The van der Waals surface area contributed by atoms with Crippen molar-refractivity contribution in [2.45, 2.75) is 33.2 Å². The van der Waals surface area contributed by atoms with E-state index in [2.05, 4.69) is 20.8 Å². The lowest BCUT2D eigenvalue weighted by molar-refractivity contribution is 0.318. The number of rotatable bonds is 2. The first kappa shape index (κ1) is 11.5. The molecule has 2 N–H and O–H groups in total. The Morgan fingerprint density at radius 2 is 1.71 bits per heavy atom. The maximum absolute atomic E-state index is 6.09. The summed E-state index contributed by atoms with van der Waals surface area (Å²) in [4.78, 5) is 0. The zero-order valence-electron chi connectivity index (χ0n) is 9.05. The molecule has 2 heteroatoms. The lowest BCUT2D eigenvalue weighted by Gasteiger charge is -2.27. The van der Waals surface area contributed by atoms with E-state index >= 15 is 0 Å². The van der Waals surface area contributed by atoms with E-state index in [-0.39, 0.29) is 11.5 Å². The molecule has 14 heavy (non-hydrogen) atoms. The van der Waals surface area contributed by atoms with E-state index in [9.17, 15) is 0 Å². The summed E-state index contributed by atoms with van der Waals surface area (Å²) in [7, 11) is 0. The van der Waals surface area contributed by atoms with Crippen molar-refractivity contribution in [3.63, 3.8) is 0 Å². The lowest BCUT2D eigenvalue weighted by atomic mass is 9.84. The molecule has 0 radical (unpaired) electrons. The Kier molecular flexibility index (Phi) is 3.57. The van der Waals surface area contributed by atoms with Crippen molar-refractivity contribution in [3.05, 3.63) is 34.9 Å². The maximum atomic E-state index is 6.09. The van der Waals surface area contributed by atoms with Crippen LogP contribution in [-0.2, 0) is 6.42 Å². The van der Waals surface area contributed by atoms with Crippen LogP contribution in [0.1, 0.15) is 26.3 Å². The van der Waals surface area contributed by atoms with Crippen LogP contribution in [0.2, 0.25) is 5.02 Å². The van der Waals surface area contributed by atoms with Gasteiger partial charge in [0.05, 0.1) is 0 Å². The molecule has 0 aliphatic rings. The highest BCUT2D eigenvalue weighted by Gasteiger charge is 2.20. The molecule has 1 atom stereocenters. The Bertz CT molecular complexity index is 284. The molecular formula is C12H18ClN. The molecular weight excluding hydrogens is 194 g/mol. The van der Waals surface area contributed by atoms with Crippen molar-refractivity contribution < 1.29 is 0 Å². The molecule has 0 unspecified atom stereocenters. The first-order valence-corrected chi connectivity index (χ1v) is 5.27.